The number of fused-ring (bicyclic) bond motifs is 1. The van der Waals surface area contributed by atoms with Gasteiger partial charge < -0.3 is 15.0 Å². The molecule has 0 unspecified atom stereocenters. The molecule has 26 heavy (non-hydrogen) atoms. The Morgan fingerprint density at radius 3 is 2.42 bits per heavy atom. The molecule has 0 saturated carbocycles. The number of aromatic carboxylic acids is 1. The van der Waals surface area contributed by atoms with Gasteiger partial charge in [-0.15, -0.1) is 0 Å². The molecule has 0 spiro atoms. The highest BCUT2D eigenvalue weighted by Gasteiger charge is 2.20. The number of anilines is 1. The van der Waals surface area contributed by atoms with Crippen LogP contribution in [0, 0.1) is 6.92 Å². The van der Waals surface area contributed by atoms with Gasteiger partial charge in [-0.2, -0.15) is 0 Å². The summed E-state index contributed by atoms with van der Waals surface area (Å²) in [6, 6.07) is 14.2. The normalized spacial score (nSPS) is 10.8. The standard InChI is InChI=1S/C21H22N2O3/c1-3-4-13-23-18-8-6-5-7-17(18)14(2)19(23)20(24)22-16-11-9-15(10-12-16)21(25)26/h5-12H,3-4,13H2,1-2H3,(H,22,24)(H,25,26). The van der Waals surface area contributed by atoms with Crippen molar-refractivity contribution in [2.75, 3.05) is 5.32 Å². The molecule has 0 fully saturated rings. The van der Waals surface area contributed by atoms with E-state index in [0.717, 1.165) is 35.9 Å². The topological polar surface area (TPSA) is 71.3 Å². The van der Waals surface area contributed by atoms with Gasteiger partial charge in [-0.1, -0.05) is 31.5 Å². The number of hydrogen-bond acceptors (Lipinski definition) is 2. The number of unbranched alkanes of at least 4 members (excludes halogenated alkanes) is 1. The number of amides is 1. The maximum Gasteiger partial charge on any atom is 0.335 e. The lowest BCUT2D eigenvalue weighted by Crippen LogP contribution is -2.18. The van der Waals surface area contributed by atoms with Crippen LogP contribution >= 0.6 is 0 Å². The van der Waals surface area contributed by atoms with Gasteiger partial charge in [0.2, 0.25) is 0 Å². The Morgan fingerprint density at radius 2 is 1.77 bits per heavy atom. The van der Waals surface area contributed by atoms with Crippen LogP contribution in [0.25, 0.3) is 10.9 Å². The number of carbonyl (C=O) groups is 2. The molecule has 2 N–H and O–H groups in total. The summed E-state index contributed by atoms with van der Waals surface area (Å²) in [5.41, 5.74) is 3.44. The molecule has 0 atom stereocenters. The molecule has 1 amide bonds. The van der Waals surface area contributed by atoms with Gasteiger partial charge in [-0.05, 0) is 49.2 Å². The number of benzene rings is 2. The maximum absolute atomic E-state index is 13.0. The van der Waals surface area contributed by atoms with Crippen molar-refractivity contribution in [3.8, 4) is 0 Å². The van der Waals surface area contributed by atoms with Gasteiger partial charge in [-0.3, -0.25) is 4.79 Å². The van der Waals surface area contributed by atoms with E-state index in [9.17, 15) is 9.59 Å². The molecule has 2 aromatic carbocycles. The molecule has 0 aliphatic rings. The van der Waals surface area contributed by atoms with Gasteiger partial charge in [0.05, 0.1) is 5.56 Å². The van der Waals surface area contributed by atoms with E-state index in [2.05, 4.69) is 16.8 Å². The Balaban J connectivity index is 1.96. The molecule has 5 nitrogen and oxygen atoms in total. The second-order valence-electron chi connectivity index (χ2n) is 6.33. The third-order valence-corrected chi connectivity index (χ3v) is 4.56. The molecule has 1 heterocycles. The molecule has 0 bridgehead atoms. The molecule has 1 aromatic heterocycles. The van der Waals surface area contributed by atoms with Crippen molar-refractivity contribution < 1.29 is 14.7 Å². The molecular formula is C21H22N2O3. The highest BCUT2D eigenvalue weighted by Crippen LogP contribution is 2.27. The van der Waals surface area contributed by atoms with Crippen LogP contribution in [0.4, 0.5) is 5.69 Å². The van der Waals surface area contributed by atoms with E-state index in [1.54, 1.807) is 12.1 Å². The number of carboxylic acid groups (broad SMARTS) is 1. The van der Waals surface area contributed by atoms with Crippen LogP contribution in [0.3, 0.4) is 0 Å². The van der Waals surface area contributed by atoms with Gasteiger partial charge in [0.1, 0.15) is 5.69 Å². The number of aryl methyl sites for hydroxylation is 2. The zero-order valence-electron chi connectivity index (χ0n) is 15.0. The molecule has 0 aliphatic carbocycles. The van der Waals surface area contributed by atoms with Crippen LogP contribution in [-0.2, 0) is 6.54 Å². The summed E-state index contributed by atoms with van der Waals surface area (Å²) < 4.78 is 2.08. The highest BCUT2D eigenvalue weighted by molar-refractivity contribution is 6.08. The van der Waals surface area contributed by atoms with Gasteiger partial charge in [0, 0.05) is 23.1 Å². The van der Waals surface area contributed by atoms with E-state index in [1.807, 2.05) is 31.2 Å². The van der Waals surface area contributed by atoms with E-state index >= 15 is 0 Å². The molecule has 3 rings (SSSR count). The van der Waals surface area contributed by atoms with Crippen molar-refractivity contribution in [2.24, 2.45) is 0 Å². The smallest absolute Gasteiger partial charge is 0.335 e. The minimum atomic E-state index is -0.988. The second-order valence-corrected chi connectivity index (χ2v) is 6.33. The number of nitrogens with zero attached hydrogens (tertiary/aromatic N) is 1. The number of rotatable bonds is 6. The fraction of sp³-hybridized carbons (Fsp3) is 0.238. The summed E-state index contributed by atoms with van der Waals surface area (Å²) in [5.74, 6) is -1.17. The van der Waals surface area contributed by atoms with Gasteiger partial charge in [0.15, 0.2) is 0 Å². The largest absolute Gasteiger partial charge is 0.478 e. The fourth-order valence-electron chi connectivity index (χ4n) is 3.20. The van der Waals surface area contributed by atoms with Gasteiger partial charge >= 0.3 is 5.97 Å². The molecule has 134 valence electrons. The van der Waals surface area contributed by atoms with Crippen molar-refractivity contribution >= 4 is 28.5 Å². The average molecular weight is 350 g/mol. The maximum atomic E-state index is 13.0. The Morgan fingerprint density at radius 1 is 1.08 bits per heavy atom. The number of carbonyl (C=O) groups excluding carboxylic acids is 1. The molecule has 0 radical (unpaired) electrons. The first kappa shape index (κ1) is 17.7. The first-order valence-corrected chi connectivity index (χ1v) is 8.75. The van der Waals surface area contributed by atoms with Crippen LogP contribution in [0.15, 0.2) is 48.5 Å². The second kappa shape index (κ2) is 7.44. The summed E-state index contributed by atoms with van der Waals surface area (Å²) in [6.45, 7) is 4.88. The van der Waals surface area contributed by atoms with Crippen LogP contribution in [0.5, 0.6) is 0 Å². The predicted octanol–water partition coefficient (Wildman–Crippen LogP) is 4.70. The molecule has 0 aliphatic heterocycles. The summed E-state index contributed by atoms with van der Waals surface area (Å²) in [4.78, 5) is 23.9. The number of carboxylic acids is 1. The van der Waals surface area contributed by atoms with Crippen LogP contribution in [0.1, 0.15) is 46.2 Å². The Labute approximate surface area is 152 Å². The minimum absolute atomic E-state index is 0.183. The first-order valence-electron chi connectivity index (χ1n) is 8.75. The lowest BCUT2D eigenvalue weighted by molar-refractivity contribution is 0.0696. The summed E-state index contributed by atoms with van der Waals surface area (Å²) in [5, 5.41) is 12.9. The zero-order chi connectivity index (χ0) is 18.7. The van der Waals surface area contributed by atoms with Crippen molar-refractivity contribution in [3.05, 3.63) is 65.4 Å². The minimum Gasteiger partial charge on any atom is -0.478 e. The SMILES string of the molecule is CCCCn1c(C(=O)Nc2ccc(C(=O)O)cc2)c(C)c2ccccc21. The van der Waals surface area contributed by atoms with E-state index in [0.29, 0.717) is 11.4 Å². The van der Waals surface area contributed by atoms with E-state index in [1.165, 1.54) is 12.1 Å². The van der Waals surface area contributed by atoms with Crippen LogP contribution in [0.2, 0.25) is 0 Å². The van der Waals surface area contributed by atoms with Crippen LogP contribution in [-0.4, -0.2) is 21.6 Å². The van der Waals surface area contributed by atoms with Crippen LogP contribution < -0.4 is 5.32 Å². The molecule has 0 saturated heterocycles. The molecule has 5 heteroatoms. The van der Waals surface area contributed by atoms with E-state index in [-0.39, 0.29) is 11.5 Å². The lowest BCUT2D eigenvalue weighted by atomic mass is 10.1. The summed E-state index contributed by atoms with van der Waals surface area (Å²) in [6.07, 6.45) is 2.04. The molecule has 3 aromatic rings. The highest BCUT2D eigenvalue weighted by atomic mass is 16.4. The number of nitrogens with one attached hydrogen (secondary N) is 1. The van der Waals surface area contributed by atoms with Crippen molar-refractivity contribution in [1.29, 1.82) is 0 Å². The van der Waals surface area contributed by atoms with Crippen molar-refractivity contribution in [3.63, 3.8) is 0 Å². The zero-order valence-corrected chi connectivity index (χ0v) is 15.0. The quantitative estimate of drug-likeness (QED) is 0.677. The Bertz CT molecular complexity index is 955. The Hall–Kier alpha value is -3.08. The number of hydrogen-bond donors (Lipinski definition) is 2. The number of para-hydroxylation sites is 1. The lowest BCUT2D eigenvalue weighted by Gasteiger charge is -2.12. The molecular weight excluding hydrogens is 328 g/mol. The Kier molecular flexibility index (Phi) is 5.07. The first-order chi connectivity index (χ1) is 12.5. The average Bonchev–Trinajstić information content (AvgIpc) is 2.93. The van der Waals surface area contributed by atoms with Crippen molar-refractivity contribution in [2.45, 2.75) is 33.2 Å². The van der Waals surface area contributed by atoms with Gasteiger partial charge in [0.25, 0.3) is 5.91 Å². The monoisotopic (exact) mass is 350 g/mol. The van der Waals surface area contributed by atoms with Gasteiger partial charge in [-0.25, -0.2) is 4.79 Å². The summed E-state index contributed by atoms with van der Waals surface area (Å²) in [7, 11) is 0. The summed E-state index contributed by atoms with van der Waals surface area (Å²) >= 11 is 0. The predicted molar refractivity (Wildman–Crippen MR) is 103 cm³/mol. The van der Waals surface area contributed by atoms with E-state index in [4.69, 9.17) is 5.11 Å². The van der Waals surface area contributed by atoms with Crippen molar-refractivity contribution in [1.82, 2.24) is 4.57 Å². The fourth-order valence-corrected chi connectivity index (χ4v) is 3.20. The van der Waals surface area contributed by atoms with E-state index < -0.39 is 5.97 Å². The third kappa shape index (κ3) is 3.33. The third-order valence-electron chi connectivity index (χ3n) is 4.56. The number of aromatic nitrogens is 1.